The number of rotatable bonds is 4. The first-order valence-electron chi connectivity index (χ1n) is 8.31. The molecule has 6 nitrogen and oxygen atoms in total. The first-order chi connectivity index (χ1) is 11.1. The van der Waals surface area contributed by atoms with E-state index in [0.717, 1.165) is 30.6 Å². The van der Waals surface area contributed by atoms with Crippen molar-refractivity contribution >= 4 is 28.5 Å². The van der Waals surface area contributed by atoms with Gasteiger partial charge in [-0.25, -0.2) is 9.78 Å². The van der Waals surface area contributed by atoms with Gasteiger partial charge in [0.15, 0.2) is 5.13 Å². The van der Waals surface area contributed by atoms with Crippen LogP contribution in [0.5, 0.6) is 0 Å². The molecule has 1 amide bonds. The Hall–Kier alpha value is -1.63. The molecular weight excluding hydrogens is 316 g/mol. The third kappa shape index (κ3) is 4.22. The minimum absolute atomic E-state index is 0.0127. The van der Waals surface area contributed by atoms with Crippen LogP contribution in [0.1, 0.15) is 68.0 Å². The minimum Gasteiger partial charge on any atom is -0.450 e. The summed E-state index contributed by atoms with van der Waals surface area (Å²) in [6.07, 6.45) is 7.16. The molecule has 2 N–H and O–H groups in total. The molecule has 1 saturated carbocycles. The second kappa shape index (κ2) is 7.29. The first-order valence-corrected chi connectivity index (χ1v) is 9.12. The molecule has 0 radical (unpaired) electrons. The molecule has 2 aliphatic carbocycles. The highest BCUT2D eigenvalue weighted by Crippen LogP contribution is 2.37. The zero-order chi connectivity index (χ0) is 16.2. The molecule has 1 aromatic rings. The molecule has 1 heterocycles. The lowest BCUT2D eigenvalue weighted by molar-refractivity contribution is -0.117. The molecule has 126 valence electrons. The first kappa shape index (κ1) is 16.2. The van der Waals surface area contributed by atoms with Crippen molar-refractivity contribution < 1.29 is 19.4 Å². The summed E-state index contributed by atoms with van der Waals surface area (Å²) in [6.45, 7) is 0. The van der Waals surface area contributed by atoms with Gasteiger partial charge in [-0.2, -0.15) is 0 Å². The van der Waals surface area contributed by atoms with E-state index in [4.69, 9.17) is 9.84 Å². The van der Waals surface area contributed by atoms with Gasteiger partial charge in [0.25, 0.3) is 0 Å². The van der Waals surface area contributed by atoms with Crippen LogP contribution in [0, 0.1) is 5.92 Å². The van der Waals surface area contributed by atoms with Gasteiger partial charge in [0.2, 0.25) is 5.91 Å². The lowest BCUT2D eigenvalue weighted by Crippen LogP contribution is -2.18. The zero-order valence-corrected chi connectivity index (χ0v) is 13.9. The predicted octanol–water partition coefficient (Wildman–Crippen LogP) is 4.12. The van der Waals surface area contributed by atoms with Gasteiger partial charge in [-0.05, 0) is 38.0 Å². The summed E-state index contributed by atoms with van der Waals surface area (Å²) in [4.78, 5) is 28.4. The van der Waals surface area contributed by atoms with Crippen LogP contribution in [0.2, 0.25) is 0 Å². The standard InChI is InChI=1S/C16H22N2O4S/c19-13(9-10-5-2-1-3-6-10)17-15-18-14-11(22-16(20)21)7-4-8-12(14)23-15/h10-11H,1-9H2,(H,20,21)(H,17,18,19). The summed E-state index contributed by atoms with van der Waals surface area (Å²) in [5.74, 6) is 0.500. The largest absolute Gasteiger partial charge is 0.506 e. The number of hydrogen-bond donors (Lipinski definition) is 2. The number of carbonyl (C=O) groups excluding carboxylic acids is 1. The highest BCUT2D eigenvalue weighted by Gasteiger charge is 2.28. The van der Waals surface area contributed by atoms with Gasteiger partial charge in [-0.3, -0.25) is 4.79 Å². The maximum Gasteiger partial charge on any atom is 0.506 e. The molecule has 1 unspecified atom stereocenters. The second-order valence-electron chi connectivity index (χ2n) is 6.35. The van der Waals surface area contributed by atoms with Crippen molar-refractivity contribution in [1.29, 1.82) is 0 Å². The normalized spacial score (nSPS) is 21.5. The van der Waals surface area contributed by atoms with E-state index in [1.165, 1.54) is 30.6 Å². The number of anilines is 1. The van der Waals surface area contributed by atoms with E-state index >= 15 is 0 Å². The van der Waals surface area contributed by atoms with E-state index in [1.54, 1.807) is 0 Å². The van der Waals surface area contributed by atoms with E-state index in [0.29, 0.717) is 29.6 Å². The van der Waals surface area contributed by atoms with Crippen LogP contribution in [0.25, 0.3) is 0 Å². The third-order valence-corrected chi connectivity index (χ3v) is 5.64. The van der Waals surface area contributed by atoms with E-state index in [-0.39, 0.29) is 5.91 Å². The third-order valence-electron chi connectivity index (χ3n) is 4.59. The summed E-state index contributed by atoms with van der Waals surface area (Å²) in [6, 6.07) is 0. The van der Waals surface area contributed by atoms with Crippen molar-refractivity contribution in [2.75, 3.05) is 5.32 Å². The molecular formula is C16H22N2O4S. The van der Waals surface area contributed by atoms with E-state index < -0.39 is 12.3 Å². The maximum absolute atomic E-state index is 12.2. The zero-order valence-electron chi connectivity index (χ0n) is 13.0. The van der Waals surface area contributed by atoms with Gasteiger partial charge in [0.05, 0.1) is 5.69 Å². The van der Waals surface area contributed by atoms with Crippen LogP contribution in [0.3, 0.4) is 0 Å². The fourth-order valence-corrected chi connectivity index (χ4v) is 4.56. The number of fused-ring (bicyclic) bond motifs is 1. The van der Waals surface area contributed by atoms with Crippen LogP contribution >= 0.6 is 11.3 Å². The van der Waals surface area contributed by atoms with Gasteiger partial charge < -0.3 is 15.2 Å². The summed E-state index contributed by atoms with van der Waals surface area (Å²) >= 11 is 1.44. The van der Waals surface area contributed by atoms with Crippen LogP contribution in [-0.4, -0.2) is 22.2 Å². The summed E-state index contributed by atoms with van der Waals surface area (Å²) in [5, 5.41) is 12.3. The maximum atomic E-state index is 12.2. The van der Waals surface area contributed by atoms with Crippen LogP contribution < -0.4 is 5.32 Å². The number of nitrogens with one attached hydrogen (secondary N) is 1. The quantitative estimate of drug-likeness (QED) is 0.806. The van der Waals surface area contributed by atoms with Gasteiger partial charge in [0.1, 0.15) is 6.10 Å². The number of ether oxygens (including phenoxy) is 1. The van der Waals surface area contributed by atoms with Crippen LogP contribution in [-0.2, 0) is 16.0 Å². The Kier molecular flexibility index (Phi) is 5.15. The monoisotopic (exact) mass is 338 g/mol. The Morgan fingerprint density at radius 3 is 2.74 bits per heavy atom. The van der Waals surface area contributed by atoms with Crippen molar-refractivity contribution in [2.45, 2.75) is 63.9 Å². The molecule has 1 atom stereocenters. The van der Waals surface area contributed by atoms with E-state index in [1.807, 2.05) is 0 Å². The number of thiazole rings is 1. The highest BCUT2D eigenvalue weighted by molar-refractivity contribution is 7.15. The number of carbonyl (C=O) groups is 2. The van der Waals surface area contributed by atoms with Crippen molar-refractivity contribution in [3.05, 3.63) is 10.6 Å². The smallest absolute Gasteiger partial charge is 0.450 e. The molecule has 0 aromatic carbocycles. The average Bonchev–Trinajstić information content (AvgIpc) is 2.91. The number of aryl methyl sites for hydroxylation is 1. The second-order valence-corrected chi connectivity index (χ2v) is 7.43. The van der Waals surface area contributed by atoms with Gasteiger partial charge in [0, 0.05) is 11.3 Å². The topological polar surface area (TPSA) is 88.5 Å². The number of nitrogens with zero attached hydrogens (tertiary/aromatic N) is 1. The molecule has 0 saturated heterocycles. The number of carboxylic acid groups (broad SMARTS) is 1. The Balaban J connectivity index is 1.61. The number of aromatic nitrogens is 1. The van der Waals surface area contributed by atoms with E-state index in [2.05, 4.69) is 10.3 Å². The van der Waals surface area contributed by atoms with Crippen LogP contribution in [0.15, 0.2) is 0 Å². The molecule has 23 heavy (non-hydrogen) atoms. The highest BCUT2D eigenvalue weighted by atomic mass is 32.1. The minimum atomic E-state index is -1.28. The van der Waals surface area contributed by atoms with Crippen LogP contribution in [0.4, 0.5) is 9.93 Å². The van der Waals surface area contributed by atoms with Crippen molar-refractivity contribution in [2.24, 2.45) is 5.92 Å². The van der Waals surface area contributed by atoms with Crippen molar-refractivity contribution in [3.8, 4) is 0 Å². The van der Waals surface area contributed by atoms with Gasteiger partial charge in [-0.15, -0.1) is 11.3 Å². The van der Waals surface area contributed by atoms with Gasteiger partial charge >= 0.3 is 6.16 Å². The Bertz CT molecular complexity index is 581. The molecule has 1 fully saturated rings. The molecule has 7 heteroatoms. The summed E-state index contributed by atoms with van der Waals surface area (Å²) < 4.78 is 4.91. The summed E-state index contributed by atoms with van der Waals surface area (Å²) in [7, 11) is 0. The number of hydrogen-bond acceptors (Lipinski definition) is 5. The summed E-state index contributed by atoms with van der Waals surface area (Å²) in [5.41, 5.74) is 0.677. The Morgan fingerprint density at radius 2 is 2.00 bits per heavy atom. The predicted molar refractivity (Wildman–Crippen MR) is 86.7 cm³/mol. The Morgan fingerprint density at radius 1 is 1.22 bits per heavy atom. The van der Waals surface area contributed by atoms with E-state index in [9.17, 15) is 9.59 Å². The fraction of sp³-hybridized carbons (Fsp3) is 0.688. The molecule has 0 spiro atoms. The molecule has 1 aromatic heterocycles. The molecule has 3 rings (SSSR count). The van der Waals surface area contributed by atoms with Gasteiger partial charge in [-0.1, -0.05) is 19.3 Å². The molecule has 2 aliphatic rings. The van der Waals surface area contributed by atoms with Crippen molar-refractivity contribution in [3.63, 3.8) is 0 Å². The number of amides is 1. The van der Waals surface area contributed by atoms with Crippen molar-refractivity contribution in [1.82, 2.24) is 4.98 Å². The lowest BCUT2D eigenvalue weighted by Gasteiger charge is -2.20. The lowest BCUT2D eigenvalue weighted by atomic mass is 9.87. The SMILES string of the molecule is O=C(CC1CCCCC1)Nc1nc2c(s1)CCCC2OC(=O)O. The average molecular weight is 338 g/mol. The Labute approximate surface area is 139 Å². The molecule has 0 bridgehead atoms. The fourth-order valence-electron chi connectivity index (χ4n) is 3.49. The molecule has 0 aliphatic heterocycles.